The van der Waals surface area contributed by atoms with Crippen molar-refractivity contribution < 1.29 is 9.59 Å². The minimum absolute atomic E-state index is 0.192. The Morgan fingerprint density at radius 1 is 1.09 bits per heavy atom. The third kappa shape index (κ3) is 3.43. The summed E-state index contributed by atoms with van der Waals surface area (Å²) in [6, 6.07) is 0. The molecule has 0 radical (unpaired) electrons. The lowest BCUT2D eigenvalue weighted by molar-refractivity contribution is 0.0721. The fourth-order valence-corrected chi connectivity index (χ4v) is 2.69. The topological polar surface area (TPSA) is 134 Å². The van der Waals surface area contributed by atoms with Gasteiger partial charge in [0.2, 0.25) is 0 Å². The molecular formula is C13H13N7O2S. The summed E-state index contributed by atoms with van der Waals surface area (Å²) >= 11 is 0.965. The molecule has 3 rings (SSSR count). The molecule has 2 amide bonds. The molecule has 0 aromatic carbocycles. The fraction of sp³-hybridized carbons (Fsp3) is 0.154. The van der Waals surface area contributed by atoms with Gasteiger partial charge < -0.3 is 20.6 Å². The van der Waals surface area contributed by atoms with E-state index in [0.717, 1.165) is 11.3 Å². The number of nitrogens with one attached hydrogen (secondary N) is 2. The number of carbonyl (C=O) groups excluding carboxylic acids is 2. The maximum Gasteiger partial charge on any atom is 0.283 e. The molecule has 23 heavy (non-hydrogen) atoms. The molecule has 3 heterocycles. The summed E-state index contributed by atoms with van der Waals surface area (Å²) in [5.74, 6) is 0.341. The summed E-state index contributed by atoms with van der Waals surface area (Å²) in [5, 5.41) is 0.192. The normalized spacial score (nSPS) is 10.6. The molecule has 0 spiro atoms. The number of nitrogens with two attached hydrogens (primary N) is 1. The molecule has 9 nitrogen and oxygen atoms in total. The number of carbonyl (C=O) groups is 2. The molecule has 0 aliphatic rings. The molecule has 0 bridgehead atoms. The summed E-state index contributed by atoms with van der Waals surface area (Å²) in [7, 11) is 0. The van der Waals surface area contributed by atoms with Crippen LogP contribution < -0.4 is 5.73 Å². The molecule has 0 atom stereocenters. The van der Waals surface area contributed by atoms with Gasteiger partial charge in [0.25, 0.3) is 11.8 Å². The highest BCUT2D eigenvalue weighted by Crippen LogP contribution is 2.16. The first kappa shape index (κ1) is 14.9. The predicted molar refractivity (Wildman–Crippen MR) is 81.4 cm³/mol. The molecule has 0 aliphatic carbocycles. The number of H-pyrrole nitrogens is 2. The number of rotatable bonds is 6. The molecule has 0 aliphatic heterocycles. The number of aromatic amines is 2. The van der Waals surface area contributed by atoms with Crippen molar-refractivity contribution in [1.82, 2.24) is 29.8 Å². The van der Waals surface area contributed by atoms with E-state index in [4.69, 9.17) is 5.73 Å². The molecule has 0 fully saturated rings. The first-order valence-electron chi connectivity index (χ1n) is 6.65. The minimum Gasteiger partial charge on any atom is -0.365 e. The summed E-state index contributed by atoms with van der Waals surface area (Å²) in [6.45, 7) is 0.524. The Morgan fingerprint density at radius 3 is 2.13 bits per heavy atom. The molecular weight excluding hydrogens is 318 g/mol. The quantitative estimate of drug-likeness (QED) is 0.606. The van der Waals surface area contributed by atoms with Crippen LogP contribution in [-0.4, -0.2) is 41.6 Å². The van der Waals surface area contributed by atoms with Crippen LogP contribution in [0.4, 0.5) is 0 Å². The van der Waals surface area contributed by atoms with E-state index in [9.17, 15) is 9.59 Å². The third-order valence-electron chi connectivity index (χ3n) is 3.01. The monoisotopic (exact) mass is 331 g/mol. The van der Waals surface area contributed by atoms with Crippen LogP contribution in [0.15, 0.2) is 31.0 Å². The first-order valence-corrected chi connectivity index (χ1v) is 7.46. The number of aromatic nitrogens is 5. The molecule has 0 unspecified atom stereocenters. The van der Waals surface area contributed by atoms with Crippen LogP contribution >= 0.6 is 11.3 Å². The van der Waals surface area contributed by atoms with Crippen molar-refractivity contribution in [1.29, 1.82) is 0 Å². The standard InChI is InChI=1S/C13H13N7O2S/c14-11(21)8-5-19-12(23-8)13(22)20(6-9-15-1-2-16-9)7-10-17-3-4-18-10/h1-5H,6-7H2,(H2,14,21)(H,15,16)(H,17,18). The Kier molecular flexibility index (Phi) is 4.15. The van der Waals surface area contributed by atoms with Crippen molar-refractivity contribution in [3.05, 3.63) is 52.5 Å². The number of amides is 2. The van der Waals surface area contributed by atoms with E-state index in [2.05, 4.69) is 24.9 Å². The van der Waals surface area contributed by atoms with Gasteiger partial charge in [-0.05, 0) is 0 Å². The smallest absolute Gasteiger partial charge is 0.283 e. The van der Waals surface area contributed by atoms with Gasteiger partial charge >= 0.3 is 0 Å². The predicted octanol–water partition coefficient (Wildman–Crippen LogP) is 0.531. The highest BCUT2D eigenvalue weighted by Gasteiger charge is 2.22. The number of imidazole rings is 2. The Morgan fingerprint density at radius 2 is 1.70 bits per heavy atom. The third-order valence-corrected chi connectivity index (χ3v) is 4.01. The van der Waals surface area contributed by atoms with E-state index >= 15 is 0 Å². The molecule has 10 heteroatoms. The SMILES string of the molecule is NC(=O)c1cnc(C(=O)N(Cc2ncc[nH]2)Cc2ncc[nH]2)s1. The maximum atomic E-state index is 12.7. The van der Waals surface area contributed by atoms with Gasteiger partial charge in [-0.1, -0.05) is 0 Å². The van der Waals surface area contributed by atoms with Crippen LogP contribution in [-0.2, 0) is 13.1 Å². The first-order chi connectivity index (χ1) is 11.1. The summed E-state index contributed by atoms with van der Waals surface area (Å²) < 4.78 is 0. The van der Waals surface area contributed by atoms with Crippen LogP contribution in [0.25, 0.3) is 0 Å². The largest absolute Gasteiger partial charge is 0.365 e. The van der Waals surface area contributed by atoms with E-state index in [1.165, 1.54) is 11.1 Å². The lowest BCUT2D eigenvalue weighted by Gasteiger charge is -2.19. The van der Waals surface area contributed by atoms with Crippen LogP contribution in [0.3, 0.4) is 0 Å². The second kappa shape index (κ2) is 6.40. The van der Waals surface area contributed by atoms with Crippen molar-refractivity contribution in [2.75, 3.05) is 0 Å². The number of hydrogen-bond acceptors (Lipinski definition) is 6. The van der Waals surface area contributed by atoms with Crippen LogP contribution in [0.5, 0.6) is 0 Å². The Balaban J connectivity index is 1.83. The van der Waals surface area contributed by atoms with Gasteiger partial charge in [0.15, 0.2) is 5.01 Å². The van der Waals surface area contributed by atoms with Crippen molar-refractivity contribution in [2.45, 2.75) is 13.1 Å². The Hall–Kier alpha value is -3.01. The van der Waals surface area contributed by atoms with Crippen molar-refractivity contribution in [2.24, 2.45) is 5.73 Å². The van der Waals surface area contributed by atoms with Crippen molar-refractivity contribution >= 4 is 23.2 Å². The van der Waals surface area contributed by atoms with Crippen molar-refractivity contribution in [3.63, 3.8) is 0 Å². The van der Waals surface area contributed by atoms with Crippen molar-refractivity contribution in [3.8, 4) is 0 Å². The van der Waals surface area contributed by atoms with E-state index in [1.54, 1.807) is 24.8 Å². The van der Waals surface area contributed by atoms with E-state index < -0.39 is 5.91 Å². The van der Waals surface area contributed by atoms with Crippen LogP contribution in [0.2, 0.25) is 0 Å². The van der Waals surface area contributed by atoms with Gasteiger partial charge in [-0.3, -0.25) is 9.59 Å². The van der Waals surface area contributed by atoms with Gasteiger partial charge in [0, 0.05) is 24.8 Å². The second-order valence-corrected chi connectivity index (χ2v) is 5.66. The Bertz CT molecular complexity index is 758. The molecule has 3 aromatic rings. The molecule has 4 N–H and O–H groups in total. The lowest BCUT2D eigenvalue weighted by atomic mass is 10.4. The number of primary amides is 1. The average molecular weight is 331 g/mol. The molecule has 118 valence electrons. The molecule has 3 aromatic heterocycles. The zero-order chi connectivity index (χ0) is 16.2. The Labute approximate surface area is 134 Å². The lowest BCUT2D eigenvalue weighted by Crippen LogP contribution is -2.31. The highest BCUT2D eigenvalue weighted by molar-refractivity contribution is 7.15. The van der Waals surface area contributed by atoms with Gasteiger partial charge in [0.05, 0.1) is 19.3 Å². The van der Waals surface area contributed by atoms with E-state index in [-0.39, 0.29) is 28.9 Å². The highest BCUT2D eigenvalue weighted by atomic mass is 32.1. The van der Waals surface area contributed by atoms with Crippen LogP contribution in [0.1, 0.15) is 31.1 Å². The van der Waals surface area contributed by atoms with Gasteiger partial charge in [-0.15, -0.1) is 11.3 Å². The van der Waals surface area contributed by atoms with Gasteiger partial charge in [0.1, 0.15) is 16.5 Å². The molecule has 0 saturated heterocycles. The molecule has 0 saturated carbocycles. The summed E-state index contributed by atoms with van der Waals surface area (Å²) in [6.07, 6.45) is 7.88. The maximum absolute atomic E-state index is 12.7. The zero-order valence-electron chi connectivity index (χ0n) is 11.9. The van der Waals surface area contributed by atoms with E-state index in [0.29, 0.717) is 11.6 Å². The number of hydrogen-bond donors (Lipinski definition) is 3. The summed E-state index contributed by atoms with van der Waals surface area (Å²) in [4.78, 5) is 43.7. The fourth-order valence-electron chi connectivity index (χ4n) is 1.95. The number of thiazole rings is 1. The zero-order valence-corrected chi connectivity index (χ0v) is 12.7. The van der Waals surface area contributed by atoms with Gasteiger partial charge in [-0.2, -0.15) is 0 Å². The van der Waals surface area contributed by atoms with Gasteiger partial charge in [-0.25, -0.2) is 15.0 Å². The summed E-state index contributed by atoms with van der Waals surface area (Å²) in [5.41, 5.74) is 5.20. The minimum atomic E-state index is -0.606. The second-order valence-electron chi connectivity index (χ2n) is 4.63. The van der Waals surface area contributed by atoms with Crippen LogP contribution in [0, 0.1) is 0 Å². The average Bonchev–Trinajstić information content (AvgIpc) is 3.28. The number of nitrogens with zero attached hydrogens (tertiary/aromatic N) is 4. The van der Waals surface area contributed by atoms with E-state index in [1.807, 2.05) is 0 Å².